The zero-order valence-electron chi connectivity index (χ0n) is 4.62. The standard InChI is InChI=1S/C4H8O3S.K.H/c1-3-4-7-8(2,5)6;;/h3H,1,4H2,2H3;;. The molecule has 0 saturated heterocycles. The van der Waals surface area contributed by atoms with Crippen molar-refractivity contribution in [3.05, 3.63) is 12.7 Å². The van der Waals surface area contributed by atoms with Crippen LogP contribution in [0.3, 0.4) is 0 Å². The van der Waals surface area contributed by atoms with Crippen molar-refractivity contribution in [2.45, 2.75) is 0 Å². The van der Waals surface area contributed by atoms with E-state index in [4.69, 9.17) is 0 Å². The maximum atomic E-state index is 10.1. The van der Waals surface area contributed by atoms with Gasteiger partial charge in [-0.3, -0.25) is 4.18 Å². The molecule has 9 heavy (non-hydrogen) atoms. The molecule has 0 atom stereocenters. The van der Waals surface area contributed by atoms with Crippen LogP contribution in [0.1, 0.15) is 0 Å². The second-order valence-corrected chi connectivity index (χ2v) is 2.92. The molecule has 0 heterocycles. The molecule has 0 aromatic heterocycles. The van der Waals surface area contributed by atoms with Crippen LogP contribution in [0.15, 0.2) is 12.7 Å². The predicted octanol–water partition coefficient (Wildman–Crippen LogP) is -0.500. The number of hydrogen-bond acceptors (Lipinski definition) is 3. The van der Waals surface area contributed by atoms with Gasteiger partial charge in [-0.15, -0.1) is 6.58 Å². The first kappa shape index (κ1) is 12.9. The van der Waals surface area contributed by atoms with Gasteiger partial charge in [0.1, 0.15) is 0 Å². The predicted molar refractivity (Wildman–Crippen MR) is 38.1 cm³/mol. The molecular formula is C4H9KO3S. The van der Waals surface area contributed by atoms with Crippen LogP contribution >= 0.6 is 0 Å². The summed E-state index contributed by atoms with van der Waals surface area (Å²) in [6, 6.07) is 0. The van der Waals surface area contributed by atoms with Gasteiger partial charge >= 0.3 is 51.4 Å². The van der Waals surface area contributed by atoms with Gasteiger partial charge in [-0.1, -0.05) is 6.08 Å². The van der Waals surface area contributed by atoms with Gasteiger partial charge in [0.15, 0.2) is 0 Å². The molecule has 0 fully saturated rings. The van der Waals surface area contributed by atoms with E-state index in [0.717, 1.165) is 6.26 Å². The Kier molecular flexibility index (Phi) is 8.65. The third-order valence-corrected chi connectivity index (χ3v) is 0.964. The van der Waals surface area contributed by atoms with Crippen molar-refractivity contribution in [3.8, 4) is 0 Å². The first-order valence-electron chi connectivity index (χ1n) is 2.01. The summed E-state index contributed by atoms with van der Waals surface area (Å²) < 4.78 is 24.5. The van der Waals surface area contributed by atoms with E-state index in [1.54, 1.807) is 0 Å². The van der Waals surface area contributed by atoms with E-state index in [-0.39, 0.29) is 58.0 Å². The van der Waals surface area contributed by atoms with E-state index in [9.17, 15) is 8.42 Å². The van der Waals surface area contributed by atoms with Gasteiger partial charge in [-0.25, -0.2) is 0 Å². The molecule has 0 saturated carbocycles. The van der Waals surface area contributed by atoms with Crippen LogP contribution in [0.2, 0.25) is 0 Å². The van der Waals surface area contributed by atoms with Crippen molar-refractivity contribution in [3.63, 3.8) is 0 Å². The second kappa shape index (κ2) is 6.03. The Morgan fingerprint density at radius 1 is 1.67 bits per heavy atom. The van der Waals surface area contributed by atoms with Gasteiger partial charge in [0.2, 0.25) is 0 Å². The van der Waals surface area contributed by atoms with Gasteiger partial charge in [-0.2, -0.15) is 8.42 Å². The third kappa shape index (κ3) is 12.5. The second-order valence-electron chi connectivity index (χ2n) is 1.28. The zero-order chi connectivity index (χ0) is 6.62. The summed E-state index contributed by atoms with van der Waals surface area (Å²) in [7, 11) is -3.26. The van der Waals surface area contributed by atoms with Crippen LogP contribution in [0.5, 0.6) is 0 Å². The quantitative estimate of drug-likeness (QED) is 0.331. The molecule has 5 heteroatoms. The molecule has 3 nitrogen and oxygen atoms in total. The van der Waals surface area contributed by atoms with Crippen LogP contribution in [0, 0.1) is 0 Å². The molecule has 0 aliphatic rings. The average molecular weight is 176 g/mol. The Hall–Kier alpha value is 1.29. The maximum absolute atomic E-state index is 10.1. The Morgan fingerprint density at radius 2 is 2.11 bits per heavy atom. The molecule has 0 radical (unpaired) electrons. The molecule has 0 amide bonds. The molecule has 0 aromatic rings. The molecule has 0 rings (SSSR count). The fraction of sp³-hybridized carbons (Fsp3) is 0.500. The minimum absolute atomic E-state index is 0. The van der Waals surface area contributed by atoms with E-state index in [1.807, 2.05) is 0 Å². The third-order valence-electron chi connectivity index (χ3n) is 0.400. The van der Waals surface area contributed by atoms with Crippen LogP contribution in [-0.2, 0) is 14.3 Å². The summed E-state index contributed by atoms with van der Waals surface area (Å²) in [5, 5.41) is 0. The van der Waals surface area contributed by atoms with Crippen LogP contribution in [0.25, 0.3) is 0 Å². The summed E-state index contributed by atoms with van der Waals surface area (Å²) in [5.74, 6) is 0. The van der Waals surface area contributed by atoms with Crippen molar-refractivity contribution in [2.75, 3.05) is 12.9 Å². The monoisotopic (exact) mass is 176 g/mol. The van der Waals surface area contributed by atoms with Gasteiger partial charge in [-0.05, 0) is 0 Å². The van der Waals surface area contributed by atoms with Crippen LogP contribution in [0.4, 0.5) is 0 Å². The van der Waals surface area contributed by atoms with Crippen molar-refractivity contribution in [1.82, 2.24) is 0 Å². The van der Waals surface area contributed by atoms with Gasteiger partial charge < -0.3 is 0 Å². The van der Waals surface area contributed by atoms with E-state index in [0.29, 0.717) is 0 Å². The Labute approximate surface area is 98.0 Å². The summed E-state index contributed by atoms with van der Waals surface area (Å²) >= 11 is 0. The molecule has 0 bridgehead atoms. The summed E-state index contributed by atoms with van der Waals surface area (Å²) in [5.41, 5.74) is 0. The number of rotatable bonds is 3. The Bertz CT molecular complexity index is 161. The molecule has 0 N–H and O–H groups in total. The molecule has 0 spiro atoms. The van der Waals surface area contributed by atoms with Crippen LogP contribution < -0.4 is 0 Å². The number of hydrogen-bond donors (Lipinski definition) is 0. The fourth-order valence-electron chi connectivity index (χ4n) is 0.172. The summed E-state index contributed by atoms with van der Waals surface area (Å²) in [6.45, 7) is 3.33. The van der Waals surface area contributed by atoms with Crippen molar-refractivity contribution in [1.29, 1.82) is 0 Å². The van der Waals surface area contributed by atoms with Crippen molar-refractivity contribution >= 4 is 61.5 Å². The topological polar surface area (TPSA) is 43.4 Å². The molecule has 0 aliphatic carbocycles. The fourth-order valence-corrected chi connectivity index (χ4v) is 0.515. The first-order chi connectivity index (χ1) is 3.56. The van der Waals surface area contributed by atoms with Gasteiger partial charge in [0.05, 0.1) is 12.9 Å². The van der Waals surface area contributed by atoms with E-state index >= 15 is 0 Å². The van der Waals surface area contributed by atoms with Crippen molar-refractivity contribution in [2.24, 2.45) is 0 Å². The summed E-state index contributed by atoms with van der Waals surface area (Å²) in [6.07, 6.45) is 2.37. The van der Waals surface area contributed by atoms with Crippen LogP contribution in [-0.4, -0.2) is 72.7 Å². The Balaban J connectivity index is 0. The molecule has 0 unspecified atom stereocenters. The molecule has 0 aromatic carbocycles. The summed E-state index contributed by atoms with van der Waals surface area (Å²) in [4.78, 5) is 0. The van der Waals surface area contributed by atoms with Crippen molar-refractivity contribution < 1.29 is 12.6 Å². The van der Waals surface area contributed by atoms with E-state index in [1.165, 1.54) is 6.08 Å². The average Bonchev–Trinajstić information content (AvgIpc) is 1.59. The molecular weight excluding hydrogens is 167 g/mol. The molecule has 50 valence electrons. The van der Waals surface area contributed by atoms with E-state index in [2.05, 4.69) is 10.8 Å². The minimum atomic E-state index is -3.26. The van der Waals surface area contributed by atoms with Gasteiger partial charge in [0, 0.05) is 0 Å². The van der Waals surface area contributed by atoms with E-state index < -0.39 is 10.1 Å². The van der Waals surface area contributed by atoms with Gasteiger partial charge in [0.25, 0.3) is 10.1 Å². The molecule has 0 aliphatic heterocycles. The Morgan fingerprint density at radius 3 is 2.22 bits per heavy atom. The normalized spacial score (nSPS) is 9.89. The SMILES string of the molecule is C=CCOS(C)(=O)=O.[KH]. The first-order valence-corrected chi connectivity index (χ1v) is 3.83. The zero-order valence-corrected chi connectivity index (χ0v) is 5.44.